The third-order valence-electron chi connectivity index (χ3n) is 2.45. The summed E-state index contributed by atoms with van der Waals surface area (Å²) < 4.78 is -0.0563. The maximum atomic E-state index is 11.0. The Balaban J connectivity index is 3.04. The number of thioether (sulfide) groups is 1. The molecule has 0 fully saturated rings. The molecule has 0 atom stereocenters. The van der Waals surface area contributed by atoms with E-state index in [2.05, 4.69) is 15.3 Å². The number of nitrogens with one attached hydrogen (secondary N) is 1. The minimum atomic E-state index is -0.500. The molecule has 1 N–H and O–H groups in total. The first-order chi connectivity index (χ1) is 8.26. The molecule has 0 saturated heterocycles. The Labute approximate surface area is 115 Å². The van der Waals surface area contributed by atoms with Crippen LogP contribution in [0.3, 0.4) is 0 Å². The summed E-state index contributed by atoms with van der Waals surface area (Å²) in [5, 5.41) is 14.0. The molecule has 0 bridgehead atoms. The highest BCUT2D eigenvalue weighted by Gasteiger charge is 2.24. The fourth-order valence-electron chi connectivity index (χ4n) is 1.24. The molecule has 0 aromatic carbocycles. The molecular formula is C10H15ClN4O2S. The van der Waals surface area contributed by atoms with Crippen LogP contribution in [0, 0.1) is 17.0 Å². The minimum Gasteiger partial charge on any atom is -0.363 e. The Kier molecular flexibility index (Phi) is 4.75. The number of hydrogen-bond donors (Lipinski definition) is 1. The molecule has 0 unspecified atom stereocenters. The second-order valence-corrected chi connectivity index (χ2v) is 6.20. The van der Waals surface area contributed by atoms with Crippen molar-refractivity contribution in [1.29, 1.82) is 0 Å². The maximum Gasteiger partial charge on any atom is 0.332 e. The van der Waals surface area contributed by atoms with Crippen molar-refractivity contribution in [3.63, 3.8) is 0 Å². The van der Waals surface area contributed by atoms with Gasteiger partial charge in [0.05, 0.1) is 4.92 Å². The highest BCUT2D eigenvalue weighted by Crippen LogP contribution is 2.28. The molecule has 0 aliphatic carbocycles. The van der Waals surface area contributed by atoms with Crippen LogP contribution >= 0.6 is 23.4 Å². The summed E-state index contributed by atoms with van der Waals surface area (Å²) in [6.45, 7) is 6.15. The lowest BCUT2D eigenvalue weighted by molar-refractivity contribution is -0.385. The molecule has 8 heteroatoms. The maximum absolute atomic E-state index is 11.0. The van der Waals surface area contributed by atoms with Crippen LogP contribution in [0.15, 0.2) is 0 Å². The molecule has 1 aromatic heterocycles. The van der Waals surface area contributed by atoms with Gasteiger partial charge in [-0.2, -0.15) is 16.7 Å². The summed E-state index contributed by atoms with van der Waals surface area (Å²) in [6.07, 6.45) is 1.98. The van der Waals surface area contributed by atoms with Gasteiger partial charge >= 0.3 is 5.69 Å². The average molecular weight is 291 g/mol. The average Bonchev–Trinajstić information content (AvgIpc) is 2.25. The topological polar surface area (TPSA) is 81.0 Å². The van der Waals surface area contributed by atoms with E-state index < -0.39 is 4.92 Å². The van der Waals surface area contributed by atoms with Gasteiger partial charge in [-0.25, -0.2) is 4.98 Å². The van der Waals surface area contributed by atoms with Crippen molar-refractivity contribution >= 4 is 34.9 Å². The number of aromatic nitrogens is 2. The number of anilines is 1. The van der Waals surface area contributed by atoms with Gasteiger partial charge in [-0.3, -0.25) is 10.1 Å². The SMILES string of the molecule is CSC(C)(C)CNc1nc(Cl)nc(C)c1[N+](=O)[O-]. The number of hydrogen-bond acceptors (Lipinski definition) is 6. The first-order valence-corrected chi connectivity index (χ1v) is 6.84. The van der Waals surface area contributed by atoms with Crippen LogP contribution in [0.1, 0.15) is 19.5 Å². The monoisotopic (exact) mass is 290 g/mol. The van der Waals surface area contributed by atoms with Gasteiger partial charge in [0.1, 0.15) is 5.69 Å². The molecule has 1 aromatic rings. The summed E-state index contributed by atoms with van der Waals surface area (Å²) >= 11 is 7.38. The fraction of sp³-hybridized carbons (Fsp3) is 0.600. The van der Waals surface area contributed by atoms with Gasteiger partial charge in [-0.05, 0) is 38.6 Å². The molecule has 0 spiro atoms. The van der Waals surface area contributed by atoms with Crippen LogP contribution in [0.25, 0.3) is 0 Å². The number of nitrogens with zero attached hydrogens (tertiary/aromatic N) is 3. The van der Waals surface area contributed by atoms with E-state index in [4.69, 9.17) is 11.6 Å². The first-order valence-electron chi connectivity index (χ1n) is 5.24. The molecule has 1 rings (SSSR count). The first kappa shape index (κ1) is 15.0. The third-order valence-corrected chi connectivity index (χ3v) is 3.87. The molecular weight excluding hydrogens is 276 g/mol. The Hall–Kier alpha value is -1.08. The van der Waals surface area contributed by atoms with Crippen LogP contribution in [0.4, 0.5) is 11.5 Å². The van der Waals surface area contributed by atoms with Crippen molar-refractivity contribution < 1.29 is 4.92 Å². The van der Waals surface area contributed by atoms with Gasteiger partial charge in [-0.15, -0.1) is 0 Å². The quantitative estimate of drug-likeness (QED) is 0.510. The predicted molar refractivity (Wildman–Crippen MR) is 74.5 cm³/mol. The molecule has 6 nitrogen and oxygen atoms in total. The number of halogens is 1. The Morgan fingerprint density at radius 1 is 1.50 bits per heavy atom. The lowest BCUT2D eigenvalue weighted by Crippen LogP contribution is -2.26. The number of rotatable bonds is 5. The summed E-state index contributed by atoms with van der Waals surface area (Å²) in [7, 11) is 0. The van der Waals surface area contributed by atoms with E-state index in [1.54, 1.807) is 11.8 Å². The zero-order chi connectivity index (χ0) is 13.9. The van der Waals surface area contributed by atoms with Crippen LogP contribution in [0.2, 0.25) is 5.28 Å². The third kappa shape index (κ3) is 3.71. The van der Waals surface area contributed by atoms with Gasteiger partial charge in [-0.1, -0.05) is 0 Å². The zero-order valence-corrected chi connectivity index (χ0v) is 12.2. The van der Waals surface area contributed by atoms with Crippen molar-refractivity contribution in [2.24, 2.45) is 0 Å². The van der Waals surface area contributed by atoms with Gasteiger partial charge in [0, 0.05) is 11.3 Å². The lowest BCUT2D eigenvalue weighted by atomic mass is 10.2. The molecule has 0 aliphatic heterocycles. The Bertz CT molecular complexity index is 467. The van der Waals surface area contributed by atoms with Crippen molar-refractivity contribution in [3.05, 3.63) is 21.1 Å². The normalized spacial score (nSPS) is 11.4. The van der Waals surface area contributed by atoms with E-state index in [0.717, 1.165) is 0 Å². The molecule has 18 heavy (non-hydrogen) atoms. The van der Waals surface area contributed by atoms with Gasteiger partial charge in [0.25, 0.3) is 0 Å². The summed E-state index contributed by atoms with van der Waals surface area (Å²) in [5.74, 6) is 0.166. The summed E-state index contributed by atoms with van der Waals surface area (Å²) in [5.41, 5.74) is 0.126. The second kappa shape index (κ2) is 5.71. The van der Waals surface area contributed by atoms with Crippen molar-refractivity contribution in [2.45, 2.75) is 25.5 Å². The number of aryl methyl sites for hydroxylation is 1. The lowest BCUT2D eigenvalue weighted by Gasteiger charge is -2.22. The predicted octanol–water partition coefficient (Wildman–Crippen LogP) is 2.90. The van der Waals surface area contributed by atoms with Crippen molar-refractivity contribution in [3.8, 4) is 0 Å². The van der Waals surface area contributed by atoms with E-state index in [1.807, 2.05) is 20.1 Å². The summed E-state index contributed by atoms with van der Waals surface area (Å²) in [6, 6.07) is 0. The fourth-order valence-corrected chi connectivity index (χ4v) is 1.67. The van der Waals surface area contributed by atoms with Crippen molar-refractivity contribution in [1.82, 2.24) is 9.97 Å². The molecule has 1 heterocycles. The number of nitro groups is 1. The van der Waals surface area contributed by atoms with Gasteiger partial charge in [0.2, 0.25) is 11.1 Å². The van der Waals surface area contributed by atoms with Crippen LogP contribution in [0.5, 0.6) is 0 Å². The van der Waals surface area contributed by atoms with E-state index in [0.29, 0.717) is 6.54 Å². The van der Waals surface area contributed by atoms with E-state index >= 15 is 0 Å². The largest absolute Gasteiger partial charge is 0.363 e. The van der Waals surface area contributed by atoms with Crippen LogP contribution in [-0.2, 0) is 0 Å². The van der Waals surface area contributed by atoms with Crippen LogP contribution in [-0.4, -0.2) is 32.4 Å². The van der Waals surface area contributed by atoms with E-state index in [-0.39, 0.29) is 27.2 Å². The van der Waals surface area contributed by atoms with Gasteiger partial charge < -0.3 is 5.32 Å². The highest BCUT2D eigenvalue weighted by atomic mass is 35.5. The van der Waals surface area contributed by atoms with Gasteiger partial charge in [0.15, 0.2) is 0 Å². The van der Waals surface area contributed by atoms with E-state index in [1.165, 1.54) is 6.92 Å². The highest BCUT2D eigenvalue weighted by molar-refractivity contribution is 7.99. The molecule has 0 radical (unpaired) electrons. The molecule has 0 amide bonds. The summed E-state index contributed by atoms with van der Waals surface area (Å²) in [4.78, 5) is 18.2. The Morgan fingerprint density at radius 2 is 2.11 bits per heavy atom. The standard InChI is InChI=1S/C10H15ClN4O2S/c1-6-7(15(16)17)8(14-9(11)13-6)12-5-10(2,3)18-4/h5H2,1-4H3,(H,12,13,14). The van der Waals surface area contributed by atoms with E-state index in [9.17, 15) is 10.1 Å². The van der Waals surface area contributed by atoms with Crippen molar-refractivity contribution in [2.75, 3.05) is 18.1 Å². The molecule has 0 aliphatic rings. The Morgan fingerprint density at radius 3 is 2.61 bits per heavy atom. The molecule has 100 valence electrons. The second-order valence-electron chi connectivity index (χ2n) is 4.35. The van der Waals surface area contributed by atoms with Crippen LogP contribution < -0.4 is 5.32 Å². The molecule has 0 saturated carbocycles. The zero-order valence-electron chi connectivity index (χ0n) is 10.7. The minimum absolute atomic E-state index is 0.00237. The smallest absolute Gasteiger partial charge is 0.332 e.